The lowest BCUT2D eigenvalue weighted by Crippen LogP contribution is -2.02. The highest BCUT2D eigenvalue weighted by atomic mass is 19.1. The molecule has 88 valence electrons. The van der Waals surface area contributed by atoms with Crippen LogP contribution in [0.15, 0.2) is 30.6 Å². The van der Waals surface area contributed by atoms with Gasteiger partial charge in [-0.1, -0.05) is 12.1 Å². The van der Waals surface area contributed by atoms with Crippen molar-refractivity contribution in [3.63, 3.8) is 0 Å². The molecule has 0 aliphatic heterocycles. The van der Waals surface area contributed by atoms with Crippen LogP contribution in [0, 0.1) is 12.7 Å². The first kappa shape index (κ1) is 11.5. The van der Waals surface area contributed by atoms with Gasteiger partial charge in [0.25, 0.3) is 0 Å². The Morgan fingerprint density at radius 2 is 2.18 bits per heavy atom. The van der Waals surface area contributed by atoms with E-state index in [1.54, 1.807) is 31.3 Å². The van der Waals surface area contributed by atoms with Crippen molar-refractivity contribution >= 4 is 0 Å². The number of ether oxygens (including phenoxy) is 1. The fourth-order valence-electron chi connectivity index (χ4n) is 1.35. The van der Waals surface area contributed by atoms with Crippen LogP contribution in [-0.2, 0) is 6.54 Å². The molecular weight excluding hydrogens is 221 g/mol. The van der Waals surface area contributed by atoms with Crippen LogP contribution in [0.1, 0.15) is 11.3 Å². The molecule has 2 aromatic rings. The number of nitrogens with two attached hydrogens (primary N) is 1. The first-order valence-corrected chi connectivity index (χ1v) is 5.14. The van der Waals surface area contributed by atoms with Crippen LogP contribution in [0.25, 0.3) is 0 Å². The van der Waals surface area contributed by atoms with Crippen molar-refractivity contribution in [2.45, 2.75) is 13.5 Å². The predicted octanol–water partition coefficient (Wildman–Crippen LogP) is 2.18. The van der Waals surface area contributed by atoms with Crippen molar-refractivity contribution < 1.29 is 9.13 Å². The van der Waals surface area contributed by atoms with Gasteiger partial charge in [-0.3, -0.25) is 4.98 Å². The van der Waals surface area contributed by atoms with Crippen molar-refractivity contribution in [3.05, 3.63) is 47.7 Å². The van der Waals surface area contributed by atoms with E-state index in [0.717, 1.165) is 0 Å². The monoisotopic (exact) mass is 233 g/mol. The van der Waals surface area contributed by atoms with Gasteiger partial charge >= 0.3 is 0 Å². The summed E-state index contributed by atoms with van der Waals surface area (Å²) in [6.07, 6.45) is 2.96. The second kappa shape index (κ2) is 4.88. The van der Waals surface area contributed by atoms with Gasteiger partial charge in [0, 0.05) is 12.7 Å². The molecule has 0 bridgehead atoms. The zero-order valence-electron chi connectivity index (χ0n) is 9.35. The van der Waals surface area contributed by atoms with Crippen molar-refractivity contribution in [1.82, 2.24) is 9.97 Å². The lowest BCUT2D eigenvalue weighted by molar-refractivity contribution is 0.422. The SMILES string of the molecule is Cc1cccc(Oc2cncc(CN)n2)c1F. The van der Waals surface area contributed by atoms with Gasteiger partial charge < -0.3 is 10.5 Å². The number of hydrogen-bond donors (Lipinski definition) is 1. The minimum absolute atomic E-state index is 0.133. The van der Waals surface area contributed by atoms with E-state index in [-0.39, 0.29) is 18.2 Å². The van der Waals surface area contributed by atoms with Crippen LogP contribution in [0.4, 0.5) is 4.39 Å². The van der Waals surface area contributed by atoms with E-state index in [2.05, 4.69) is 9.97 Å². The van der Waals surface area contributed by atoms with Crippen LogP contribution in [0.5, 0.6) is 11.6 Å². The minimum atomic E-state index is -0.396. The van der Waals surface area contributed by atoms with Crippen molar-refractivity contribution in [2.24, 2.45) is 5.73 Å². The molecule has 1 heterocycles. The molecule has 0 amide bonds. The number of aromatic nitrogens is 2. The first-order valence-electron chi connectivity index (χ1n) is 5.14. The Morgan fingerprint density at radius 1 is 1.35 bits per heavy atom. The summed E-state index contributed by atoms with van der Waals surface area (Å²) in [6.45, 7) is 1.94. The molecule has 0 aliphatic carbocycles. The Hall–Kier alpha value is -2.01. The van der Waals surface area contributed by atoms with E-state index in [0.29, 0.717) is 11.3 Å². The second-order valence-corrected chi connectivity index (χ2v) is 3.54. The number of benzene rings is 1. The van der Waals surface area contributed by atoms with E-state index in [1.807, 2.05) is 0 Å². The Balaban J connectivity index is 2.28. The Morgan fingerprint density at radius 3 is 2.94 bits per heavy atom. The quantitative estimate of drug-likeness (QED) is 0.882. The van der Waals surface area contributed by atoms with Crippen molar-refractivity contribution in [2.75, 3.05) is 0 Å². The lowest BCUT2D eigenvalue weighted by atomic mass is 10.2. The van der Waals surface area contributed by atoms with Crippen LogP contribution < -0.4 is 10.5 Å². The van der Waals surface area contributed by atoms with Crippen molar-refractivity contribution in [1.29, 1.82) is 0 Å². The summed E-state index contributed by atoms with van der Waals surface area (Å²) in [5.74, 6) is -0.0293. The third-order valence-electron chi connectivity index (χ3n) is 2.24. The Bertz CT molecular complexity index is 531. The Labute approximate surface area is 98.3 Å². The van der Waals surface area contributed by atoms with E-state index < -0.39 is 5.82 Å². The molecule has 0 saturated carbocycles. The van der Waals surface area contributed by atoms with Gasteiger partial charge in [-0.15, -0.1) is 0 Å². The van der Waals surface area contributed by atoms with E-state index in [1.165, 1.54) is 6.20 Å². The smallest absolute Gasteiger partial charge is 0.238 e. The average molecular weight is 233 g/mol. The predicted molar refractivity (Wildman–Crippen MR) is 61.1 cm³/mol. The third-order valence-corrected chi connectivity index (χ3v) is 2.24. The molecule has 5 heteroatoms. The number of aryl methyl sites for hydroxylation is 1. The van der Waals surface area contributed by atoms with Crippen LogP contribution in [0.3, 0.4) is 0 Å². The molecule has 1 aromatic carbocycles. The van der Waals surface area contributed by atoms with E-state index >= 15 is 0 Å². The summed E-state index contributed by atoms with van der Waals surface area (Å²) in [5.41, 5.74) is 6.55. The molecule has 4 nitrogen and oxygen atoms in total. The number of rotatable bonds is 3. The molecule has 0 atom stereocenters. The maximum Gasteiger partial charge on any atom is 0.238 e. The number of hydrogen-bond acceptors (Lipinski definition) is 4. The summed E-state index contributed by atoms with van der Waals surface area (Å²) < 4.78 is 19.0. The molecule has 2 rings (SSSR count). The molecule has 0 saturated heterocycles. The largest absolute Gasteiger partial charge is 0.434 e. The van der Waals surface area contributed by atoms with Gasteiger partial charge in [0.15, 0.2) is 11.6 Å². The zero-order valence-corrected chi connectivity index (χ0v) is 9.35. The fourth-order valence-corrected chi connectivity index (χ4v) is 1.35. The molecule has 17 heavy (non-hydrogen) atoms. The molecule has 0 fully saturated rings. The van der Waals surface area contributed by atoms with E-state index in [9.17, 15) is 4.39 Å². The van der Waals surface area contributed by atoms with Crippen LogP contribution >= 0.6 is 0 Å². The molecule has 0 radical (unpaired) electrons. The highest BCUT2D eigenvalue weighted by Gasteiger charge is 2.08. The Kier molecular flexibility index (Phi) is 3.30. The zero-order chi connectivity index (χ0) is 12.3. The highest BCUT2D eigenvalue weighted by Crippen LogP contribution is 2.24. The molecule has 2 N–H and O–H groups in total. The van der Waals surface area contributed by atoms with Gasteiger partial charge in [0.1, 0.15) is 0 Å². The molecule has 0 spiro atoms. The summed E-state index contributed by atoms with van der Waals surface area (Å²) in [6, 6.07) is 4.93. The molecule has 0 unspecified atom stereocenters. The van der Waals surface area contributed by atoms with Gasteiger partial charge in [-0.05, 0) is 18.6 Å². The minimum Gasteiger partial charge on any atom is -0.434 e. The third kappa shape index (κ3) is 2.57. The lowest BCUT2D eigenvalue weighted by Gasteiger charge is -2.07. The van der Waals surface area contributed by atoms with Gasteiger partial charge in [0.05, 0.1) is 11.9 Å². The summed E-state index contributed by atoms with van der Waals surface area (Å²) in [7, 11) is 0. The summed E-state index contributed by atoms with van der Waals surface area (Å²) in [5, 5.41) is 0. The molecular formula is C12H12FN3O. The number of halogens is 1. The normalized spacial score (nSPS) is 10.3. The first-order chi connectivity index (χ1) is 8.20. The fraction of sp³-hybridized carbons (Fsp3) is 0.167. The van der Waals surface area contributed by atoms with Gasteiger partial charge in [-0.2, -0.15) is 0 Å². The average Bonchev–Trinajstić information content (AvgIpc) is 2.35. The standard InChI is InChI=1S/C12H12FN3O/c1-8-3-2-4-10(12(8)13)17-11-7-15-6-9(5-14)16-11/h2-4,6-7H,5,14H2,1H3. The van der Waals surface area contributed by atoms with Gasteiger partial charge in [-0.25, -0.2) is 9.37 Å². The van der Waals surface area contributed by atoms with Crippen LogP contribution in [-0.4, -0.2) is 9.97 Å². The summed E-state index contributed by atoms with van der Waals surface area (Å²) >= 11 is 0. The maximum absolute atomic E-state index is 13.7. The van der Waals surface area contributed by atoms with Crippen LogP contribution in [0.2, 0.25) is 0 Å². The van der Waals surface area contributed by atoms with E-state index in [4.69, 9.17) is 10.5 Å². The maximum atomic E-state index is 13.7. The molecule has 1 aromatic heterocycles. The number of nitrogens with zero attached hydrogens (tertiary/aromatic N) is 2. The van der Waals surface area contributed by atoms with Gasteiger partial charge in [0.2, 0.25) is 5.88 Å². The highest BCUT2D eigenvalue weighted by molar-refractivity contribution is 5.32. The summed E-state index contributed by atoms with van der Waals surface area (Å²) in [4.78, 5) is 7.99. The second-order valence-electron chi connectivity index (χ2n) is 3.54. The topological polar surface area (TPSA) is 61.0 Å². The molecule has 0 aliphatic rings. The van der Waals surface area contributed by atoms with Crippen molar-refractivity contribution in [3.8, 4) is 11.6 Å².